The van der Waals surface area contributed by atoms with Crippen LogP contribution in [0.3, 0.4) is 0 Å². The van der Waals surface area contributed by atoms with E-state index in [-0.39, 0.29) is 37.3 Å². The number of carbonyl (C=O) groups excluding carboxylic acids is 1. The molecule has 0 radical (unpaired) electrons. The molecule has 0 aliphatic carbocycles. The van der Waals surface area contributed by atoms with Gasteiger partial charge in [0.15, 0.2) is 0 Å². The molecule has 0 saturated carbocycles. The second-order valence-corrected chi connectivity index (χ2v) is 12.7. The number of nitrogens with one attached hydrogen (secondary N) is 1. The van der Waals surface area contributed by atoms with E-state index in [4.69, 9.17) is 10.2 Å². The van der Waals surface area contributed by atoms with Gasteiger partial charge in [-0.25, -0.2) is 9.07 Å². The topological polar surface area (TPSA) is 136 Å². The van der Waals surface area contributed by atoms with Crippen molar-refractivity contribution in [1.82, 2.24) is 44.8 Å². The maximum atomic E-state index is 15.6. The molecule has 2 aromatic carbocycles. The van der Waals surface area contributed by atoms with Crippen molar-refractivity contribution in [3.8, 4) is 11.1 Å². The summed E-state index contributed by atoms with van der Waals surface area (Å²) in [7, 11) is 1.83. The van der Waals surface area contributed by atoms with Crippen molar-refractivity contribution in [2.24, 2.45) is 7.05 Å². The number of fused-ring (bicyclic) bond motifs is 2. The lowest BCUT2D eigenvalue weighted by Crippen LogP contribution is -2.36. The zero-order chi connectivity index (χ0) is 30.2. The van der Waals surface area contributed by atoms with Crippen LogP contribution in [0.25, 0.3) is 32.9 Å². The van der Waals surface area contributed by atoms with Crippen molar-refractivity contribution in [3.05, 3.63) is 59.9 Å². The summed E-state index contributed by atoms with van der Waals surface area (Å²) in [5.74, 6) is -1.50. The van der Waals surface area contributed by atoms with Crippen molar-refractivity contribution in [3.63, 3.8) is 0 Å². The van der Waals surface area contributed by atoms with E-state index in [1.54, 1.807) is 15.6 Å². The first kappa shape index (κ1) is 29.2. The van der Waals surface area contributed by atoms with Crippen LogP contribution in [-0.2, 0) is 36.3 Å². The Hall–Kier alpha value is -3.92. The van der Waals surface area contributed by atoms with E-state index in [1.807, 2.05) is 31.3 Å². The Morgan fingerprint density at radius 2 is 1.95 bits per heavy atom. The number of halogens is 2. The fraction of sp³-hybridized carbons (Fsp3) is 0.379. The Balaban J connectivity index is 1.34. The summed E-state index contributed by atoms with van der Waals surface area (Å²) in [5.41, 5.74) is 4.10. The Morgan fingerprint density at radius 1 is 1.16 bits per heavy atom. The van der Waals surface area contributed by atoms with Crippen LogP contribution in [0.4, 0.5) is 4.39 Å². The number of hydrogen-bond donors (Lipinski definition) is 2. The second kappa shape index (κ2) is 12.0. The van der Waals surface area contributed by atoms with Gasteiger partial charge in [-0.15, -0.1) is 5.10 Å². The molecule has 0 bridgehead atoms. The lowest BCUT2D eigenvalue weighted by molar-refractivity contribution is -0.138. The summed E-state index contributed by atoms with van der Waals surface area (Å²) in [4.78, 5) is 26.4. The number of aliphatic carboxylic acids is 1. The molecule has 1 aliphatic heterocycles. The summed E-state index contributed by atoms with van der Waals surface area (Å²) in [5, 5.41) is 30.3. The van der Waals surface area contributed by atoms with Crippen molar-refractivity contribution in [2.45, 2.75) is 49.4 Å². The number of rotatable bonds is 9. The summed E-state index contributed by atoms with van der Waals surface area (Å²) >= 11 is 2.44. The number of carboxylic acids is 1. The molecule has 224 valence electrons. The minimum absolute atomic E-state index is 0.0455. The molecule has 2 N–H and O–H groups in total. The molecule has 14 heteroatoms. The molecule has 5 aromatic rings. The number of alkyl halides is 1. The smallest absolute Gasteiger partial charge is 0.325 e. The van der Waals surface area contributed by atoms with Crippen LogP contribution in [0.2, 0.25) is 0 Å². The third-order valence-corrected chi connectivity index (χ3v) is 8.78. The molecule has 1 fully saturated rings. The van der Waals surface area contributed by atoms with Crippen LogP contribution in [0.5, 0.6) is 0 Å². The number of likely N-dealkylation sites (tertiary alicyclic amines) is 1. The lowest BCUT2D eigenvalue weighted by atomic mass is 9.89. The molecule has 12 nitrogen and oxygen atoms in total. The van der Waals surface area contributed by atoms with Gasteiger partial charge in [0.1, 0.15) is 24.6 Å². The average Bonchev–Trinajstić information content (AvgIpc) is 3.68. The predicted molar refractivity (Wildman–Crippen MR) is 166 cm³/mol. The standard InChI is InChI=1S/C29H31FIN9O3/c1-17(31)38-8-6-18(7-9-38)29-28-21(22-11-25-19(10-23(22)30)12-33-37(25)2)4-3-5-24(28)40(35-29)15-26(41)32-13-20-14-39(36-34-20)16-27(42)43/h3-5,10-12,14,17-18H,6-9,13,15-16H2,1-2H3,(H,32,41)(H,42,43). The van der Waals surface area contributed by atoms with Gasteiger partial charge in [0.25, 0.3) is 0 Å². The van der Waals surface area contributed by atoms with Gasteiger partial charge in [0.05, 0.1) is 39.7 Å². The zero-order valence-corrected chi connectivity index (χ0v) is 25.9. The van der Waals surface area contributed by atoms with Crippen LogP contribution in [-0.4, -0.2) is 73.6 Å². The summed E-state index contributed by atoms with van der Waals surface area (Å²) in [6.45, 7) is 3.79. The highest BCUT2D eigenvalue weighted by Crippen LogP contribution is 2.40. The highest BCUT2D eigenvalue weighted by Gasteiger charge is 2.29. The van der Waals surface area contributed by atoms with Gasteiger partial charge in [-0.3, -0.25) is 23.9 Å². The lowest BCUT2D eigenvalue weighted by Gasteiger charge is -2.33. The third-order valence-electron chi connectivity index (χ3n) is 7.99. The van der Waals surface area contributed by atoms with Crippen molar-refractivity contribution >= 4 is 56.3 Å². The van der Waals surface area contributed by atoms with Gasteiger partial charge in [-0.2, -0.15) is 10.2 Å². The minimum atomic E-state index is -1.03. The van der Waals surface area contributed by atoms with Gasteiger partial charge in [-0.1, -0.05) is 39.9 Å². The predicted octanol–water partition coefficient (Wildman–Crippen LogP) is 3.68. The van der Waals surface area contributed by atoms with Crippen molar-refractivity contribution in [2.75, 3.05) is 13.1 Å². The molecular weight excluding hydrogens is 668 g/mol. The fourth-order valence-electron chi connectivity index (χ4n) is 5.81. The van der Waals surface area contributed by atoms with E-state index in [1.165, 1.54) is 16.9 Å². The number of carbonyl (C=O) groups is 2. The van der Waals surface area contributed by atoms with Gasteiger partial charge in [0, 0.05) is 29.3 Å². The number of hydrogen-bond acceptors (Lipinski definition) is 7. The van der Waals surface area contributed by atoms with Gasteiger partial charge in [-0.05, 0) is 56.6 Å². The van der Waals surface area contributed by atoms with Crippen LogP contribution in [0.15, 0.2) is 42.7 Å². The van der Waals surface area contributed by atoms with Crippen LogP contribution in [0.1, 0.15) is 37.1 Å². The Kier molecular flexibility index (Phi) is 8.13. The molecule has 43 heavy (non-hydrogen) atoms. The third kappa shape index (κ3) is 5.98. The zero-order valence-electron chi connectivity index (χ0n) is 23.7. The number of piperidine rings is 1. The highest BCUT2D eigenvalue weighted by molar-refractivity contribution is 14.1. The maximum Gasteiger partial charge on any atom is 0.325 e. The molecule has 1 amide bonds. The molecule has 1 unspecified atom stereocenters. The van der Waals surface area contributed by atoms with E-state index < -0.39 is 5.97 Å². The van der Waals surface area contributed by atoms with E-state index >= 15 is 4.39 Å². The Morgan fingerprint density at radius 3 is 2.70 bits per heavy atom. The summed E-state index contributed by atoms with van der Waals surface area (Å²) < 4.78 is 20.7. The first-order valence-corrected chi connectivity index (χ1v) is 15.3. The number of nitrogens with zero attached hydrogens (tertiary/aromatic N) is 8. The van der Waals surface area contributed by atoms with Crippen LogP contribution < -0.4 is 5.32 Å². The first-order chi connectivity index (χ1) is 20.7. The van der Waals surface area contributed by atoms with Crippen LogP contribution >= 0.6 is 22.6 Å². The van der Waals surface area contributed by atoms with Gasteiger partial charge in [0.2, 0.25) is 5.91 Å². The van der Waals surface area contributed by atoms with E-state index in [2.05, 4.69) is 55.1 Å². The Labute approximate surface area is 260 Å². The van der Waals surface area contributed by atoms with Crippen molar-refractivity contribution in [1.29, 1.82) is 0 Å². The van der Waals surface area contributed by atoms with E-state index in [0.29, 0.717) is 15.3 Å². The van der Waals surface area contributed by atoms with Crippen LogP contribution in [0, 0.1) is 5.82 Å². The largest absolute Gasteiger partial charge is 0.480 e. The SMILES string of the molecule is CC(I)N1CCC(c2nn(CC(=O)NCc3cn(CC(=O)O)nn3)c3cccc(-c4cc5c(cnn5C)cc4F)c23)CC1. The van der Waals surface area contributed by atoms with E-state index in [0.717, 1.165) is 59.0 Å². The first-order valence-electron chi connectivity index (χ1n) is 14.0. The maximum absolute atomic E-state index is 15.6. The monoisotopic (exact) mass is 699 g/mol. The molecule has 4 heterocycles. The molecule has 1 saturated heterocycles. The molecule has 1 atom stereocenters. The molecule has 0 spiro atoms. The number of amides is 1. The fourth-order valence-corrected chi connectivity index (χ4v) is 6.37. The quantitative estimate of drug-likeness (QED) is 0.135. The van der Waals surface area contributed by atoms with Crippen molar-refractivity contribution < 1.29 is 19.1 Å². The molecule has 1 aliphatic rings. The normalized spacial score (nSPS) is 15.3. The van der Waals surface area contributed by atoms with Gasteiger partial charge >= 0.3 is 5.97 Å². The van der Waals surface area contributed by atoms with Gasteiger partial charge < -0.3 is 10.4 Å². The summed E-state index contributed by atoms with van der Waals surface area (Å²) in [6.07, 6.45) is 4.96. The number of aromatic nitrogens is 7. The molecule has 3 aromatic heterocycles. The van der Waals surface area contributed by atoms with E-state index in [9.17, 15) is 9.59 Å². The number of aryl methyl sites for hydroxylation is 1. The molecule has 6 rings (SSSR count). The number of benzene rings is 2. The number of carboxylic acid groups (broad SMARTS) is 1. The molecular formula is C29H31FIN9O3. The average molecular weight is 700 g/mol. The second-order valence-electron chi connectivity index (χ2n) is 10.9. The summed E-state index contributed by atoms with van der Waals surface area (Å²) in [6, 6.07) is 9.05. The minimum Gasteiger partial charge on any atom is -0.480 e. The highest BCUT2D eigenvalue weighted by atomic mass is 127. The Bertz CT molecular complexity index is 1820.